The fraction of sp³-hybridized carbons (Fsp3) is 0.696. The van der Waals surface area contributed by atoms with Crippen LogP contribution in [0.5, 0.6) is 5.75 Å². The van der Waals surface area contributed by atoms with Gasteiger partial charge in [0.1, 0.15) is 5.75 Å². The second kappa shape index (κ2) is 8.03. The minimum Gasteiger partial charge on any atom is -0.482 e. The van der Waals surface area contributed by atoms with E-state index in [0.717, 1.165) is 49.5 Å². The number of carbonyl (C=O) groups is 1. The Morgan fingerprint density at radius 1 is 1.18 bits per heavy atom. The van der Waals surface area contributed by atoms with Crippen LogP contribution in [0.1, 0.15) is 57.9 Å². The number of hydrogen-bond acceptors (Lipinski definition) is 4. The third-order valence-corrected chi connectivity index (χ3v) is 7.00. The zero-order valence-corrected chi connectivity index (χ0v) is 17.6. The molecule has 2 aliphatic heterocycles. The summed E-state index contributed by atoms with van der Waals surface area (Å²) in [7, 11) is 0. The molecule has 1 aromatic rings. The number of fused-ring (bicyclic) bond motifs is 1. The molecule has 1 amide bonds. The Balaban J connectivity index is 1.41. The third-order valence-electron chi connectivity index (χ3n) is 7.00. The summed E-state index contributed by atoms with van der Waals surface area (Å²) >= 11 is 0. The molecule has 0 aromatic heterocycles. The molecule has 0 unspecified atom stereocenters. The molecule has 1 aromatic carbocycles. The lowest BCUT2D eigenvalue weighted by Gasteiger charge is -2.50. The molecule has 0 atom stereocenters. The van der Waals surface area contributed by atoms with Crippen LogP contribution in [0.4, 0.5) is 5.69 Å². The quantitative estimate of drug-likeness (QED) is 0.786. The number of benzene rings is 1. The molecule has 0 spiro atoms. The topological polar surface area (TPSA) is 42.0 Å². The summed E-state index contributed by atoms with van der Waals surface area (Å²) in [5, 5.41) is 0. The van der Waals surface area contributed by atoms with Gasteiger partial charge < -0.3 is 14.4 Å². The first-order valence-electron chi connectivity index (χ1n) is 10.9. The van der Waals surface area contributed by atoms with Crippen LogP contribution in [0.15, 0.2) is 18.2 Å². The summed E-state index contributed by atoms with van der Waals surface area (Å²) in [5.74, 6) is 0.939. The number of carbonyl (C=O) groups excluding carboxylic acids is 1. The Bertz CT molecular complexity index is 704. The van der Waals surface area contributed by atoms with E-state index in [1.807, 2.05) is 11.0 Å². The first kappa shape index (κ1) is 19.7. The smallest absolute Gasteiger partial charge is 0.265 e. The Labute approximate surface area is 169 Å². The molecule has 0 bridgehead atoms. The highest BCUT2D eigenvalue weighted by Gasteiger charge is 2.40. The summed E-state index contributed by atoms with van der Waals surface area (Å²) in [6.07, 6.45) is 7.26. The standard InChI is InChI=1S/C23H34N2O3/c1-4-27-19-7-11-23(3,12-8-19)24-13-9-18(10-14-24)25-20-15-17(2)5-6-21(20)28-16-22(25)26/h5-6,15,18-19H,4,7-14,16H2,1-3H3/t19-,23-. The first-order valence-corrected chi connectivity index (χ1v) is 10.9. The first-order chi connectivity index (χ1) is 13.5. The van der Waals surface area contributed by atoms with Gasteiger partial charge in [-0.25, -0.2) is 0 Å². The van der Waals surface area contributed by atoms with Crippen molar-refractivity contribution in [3.8, 4) is 5.75 Å². The number of piperidine rings is 1. The maximum absolute atomic E-state index is 12.7. The molecule has 2 fully saturated rings. The predicted molar refractivity (Wildman–Crippen MR) is 111 cm³/mol. The Hall–Kier alpha value is -1.59. The number of likely N-dealkylation sites (tertiary alicyclic amines) is 1. The molecule has 1 saturated heterocycles. The highest BCUT2D eigenvalue weighted by molar-refractivity contribution is 5.98. The molecule has 4 rings (SSSR count). The van der Waals surface area contributed by atoms with Crippen molar-refractivity contribution in [3.05, 3.63) is 23.8 Å². The van der Waals surface area contributed by atoms with Crippen molar-refractivity contribution in [2.75, 3.05) is 31.2 Å². The van der Waals surface area contributed by atoms with E-state index in [2.05, 4.69) is 37.8 Å². The minimum atomic E-state index is 0.0972. The van der Waals surface area contributed by atoms with Crippen LogP contribution in [0.2, 0.25) is 0 Å². The fourth-order valence-corrected chi connectivity index (χ4v) is 5.28. The van der Waals surface area contributed by atoms with E-state index in [1.165, 1.54) is 25.7 Å². The summed E-state index contributed by atoms with van der Waals surface area (Å²) in [4.78, 5) is 17.4. The lowest BCUT2D eigenvalue weighted by Crippen LogP contribution is -2.56. The van der Waals surface area contributed by atoms with Crippen LogP contribution in [0, 0.1) is 6.92 Å². The van der Waals surface area contributed by atoms with Crippen LogP contribution in [0.25, 0.3) is 0 Å². The SMILES string of the molecule is CCO[C@H]1CC[C@](C)(N2CCC(N3C(=O)COc4ccc(C)cc43)CC2)CC1. The Kier molecular flexibility index (Phi) is 5.66. The van der Waals surface area contributed by atoms with Crippen LogP contribution < -0.4 is 9.64 Å². The fourth-order valence-electron chi connectivity index (χ4n) is 5.28. The van der Waals surface area contributed by atoms with E-state index in [0.29, 0.717) is 6.10 Å². The molecule has 154 valence electrons. The number of nitrogens with zero attached hydrogens (tertiary/aromatic N) is 2. The molecular formula is C23H34N2O3. The van der Waals surface area contributed by atoms with Gasteiger partial charge >= 0.3 is 0 Å². The van der Waals surface area contributed by atoms with Crippen molar-refractivity contribution in [2.45, 2.75) is 77.0 Å². The van der Waals surface area contributed by atoms with Gasteiger partial charge in [-0.15, -0.1) is 0 Å². The van der Waals surface area contributed by atoms with Crippen molar-refractivity contribution < 1.29 is 14.3 Å². The molecule has 2 heterocycles. The number of hydrogen-bond donors (Lipinski definition) is 0. The summed E-state index contributed by atoms with van der Waals surface area (Å²) < 4.78 is 11.5. The minimum absolute atomic E-state index is 0.0972. The molecule has 1 aliphatic carbocycles. The van der Waals surface area contributed by atoms with Gasteiger partial charge in [0.05, 0.1) is 11.8 Å². The summed E-state index contributed by atoms with van der Waals surface area (Å²) in [6, 6.07) is 6.41. The van der Waals surface area contributed by atoms with E-state index in [4.69, 9.17) is 9.47 Å². The molecule has 3 aliphatic rings. The zero-order valence-electron chi connectivity index (χ0n) is 17.6. The Morgan fingerprint density at radius 2 is 1.89 bits per heavy atom. The molecule has 5 nitrogen and oxygen atoms in total. The zero-order chi connectivity index (χ0) is 19.7. The summed E-state index contributed by atoms with van der Waals surface area (Å²) in [6.45, 7) is 9.69. The van der Waals surface area contributed by atoms with Crippen LogP contribution in [-0.4, -0.2) is 54.8 Å². The van der Waals surface area contributed by atoms with E-state index in [1.54, 1.807) is 0 Å². The highest BCUT2D eigenvalue weighted by atomic mass is 16.5. The second-order valence-corrected chi connectivity index (χ2v) is 8.89. The third kappa shape index (κ3) is 3.79. The molecule has 1 saturated carbocycles. The normalized spacial score (nSPS) is 29.5. The Morgan fingerprint density at radius 3 is 2.57 bits per heavy atom. The molecular weight excluding hydrogens is 352 g/mol. The van der Waals surface area contributed by atoms with Gasteiger partial charge in [-0.3, -0.25) is 9.69 Å². The monoisotopic (exact) mass is 386 g/mol. The van der Waals surface area contributed by atoms with Crippen molar-refractivity contribution in [1.29, 1.82) is 0 Å². The number of ether oxygens (including phenoxy) is 2. The van der Waals surface area contributed by atoms with E-state index in [-0.39, 0.29) is 24.1 Å². The van der Waals surface area contributed by atoms with Gasteiger partial charge in [0, 0.05) is 31.3 Å². The average Bonchev–Trinajstić information content (AvgIpc) is 2.70. The number of anilines is 1. The van der Waals surface area contributed by atoms with Crippen molar-refractivity contribution in [1.82, 2.24) is 4.90 Å². The van der Waals surface area contributed by atoms with Crippen molar-refractivity contribution >= 4 is 11.6 Å². The maximum Gasteiger partial charge on any atom is 0.265 e. The van der Waals surface area contributed by atoms with E-state index >= 15 is 0 Å². The molecule has 0 N–H and O–H groups in total. The largest absolute Gasteiger partial charge is 0.482 e. The predicted octanol–water partition coefficient (Wildman–Crippen LogP) is 3.92. The van der Waals surface area contributed by atoms with Crippen molar-refractivity contribution in [2.24, 2.45) is 0 Å². The van der Waals surface area contributed by atoms with Crippen LogP contribution >= 0.6 is 0 Å². The number of aryl methyl sites for hydroxylation is 1. The lowest BCUT2D eigenvalue weighted by atomic mass is 9.79. The van der Waals surface area contributed by atoms with Crippen LogP contribution in [-0.2, 0) is 9.53 Å². The number of amides is 1. The van der Waals surface area contributed by atoms with Crippen molar-refractivity contribution in [3.63, 3.8) is 0 Å². The van der Waals surface area contributed by atoms with E-state index < -0.39 is 0 Å². The van der Waals surface area contributed by atoms with Crippen LogP contribution in [0.3, 0.4) is 0 Å². The molecule has 5 heteroatoms. The second-order valence-electron chi connectivity index (χ2n) is 8.89. The average molecular weight is 387 g/mol. The van der Waals surface area contributed by atoms with Gasteiger partial charge in [0.25, 0.3) is 5.91 Å². The van der Waals surface area contributed by atoms with E-state index in [9.17, 15) is 4.79 Å². The maximum atomic E-state index is 12.7. The van der Waals surface area contributed by atoms with Gasteiger partial charge in [-0.1, -0.05) is 6.07 Å². The van der Waals surface area contributed by atoms with Gasteiger partial charge in [-0.2, -0.15) is 0 Å². The highest BCUT2D eigenvalue weighted by Crippen LogP contribution is 2.39. The van der Waals surface area contributed by atoms with Gasteiger partial charge in [0.2, 0.25) is 0 Å². The summed E-state index contributed by atoms with van der Waals surface area (Å²) in [5.41, 5.74) is 2.40. The lowest BCUT2D eigenvalue weighted by molar-refractivity contribution is -0.122. The van der Waals surface area contributed by atoms with Gasteiger partial charge in [-0.05, 0) is 77.0 Å². The molecule has 0 radical (unpaired) electrons. The number of rotatable bonds is 4. The molecule has 28 heavy (non-hydrogen) atoms. The van der Waals surface area contributed by atoms with Gasteiger partial charge in [0.15, 0.2) is 6.61 Å².